The van der Waals surface area contributed by atoms with Crippen molar-refractivity contribution in [2.75, 3.05) is 5.32 Å². The van der Waals surface area contributed by atoms with Crippen molar-refractivity contribution in [2.24, 2.45) is 35.5 Å². The molecular formula is C20H18BrClN2O3. The van der Waals surface area contributed by atoms with E-state index in [-0.39, 0.29) is 35.5 Å². The number of carbonyl (C=O) groups excluding carboxylic acids is 3. The van der Waals surface area contributed by atoms with Crippen LogP contribution in [-0.2, 0) is 14.4 Å². The van der Waals surface area contributed by atoms with Crippen LogP contribution in [0, 0.1) is 35.5 Å². The molecular weight excluding hydrogens is 432 g/mol. The van der Waals surface area contributed by atoms with Gasteiger partial charge in [-0.15, -0.1) is 0 Å². The van der Waals surface area contributed by atoms with Crippen LogP contribution in [0.25, 0.3) is 0 Å². The number of halogens is 2. The summed E-state index contributed by atoms with van der Waals surface area (Å²) >= 11 is 9.48. The molecule has 0 unspecified atom stereocenters. The van der Waals surface area contributed by atoms with Crippen molar-refractivity contribution in [3.8, 4) is 0 Å². The van der Waals surface area contributed by atoms with Crippen molar-refractivity contribution < 1.29 is 14.4 Å². The van der Waals surface area contributed by atoms with Crippen LogP contribution in [0.4, 0.5) is 5.69 Å². The number of allylic oxidation sites excluding steroid dienone is 2. The molecule has 2 saturated carbocycles. The molecule has 7 heteroatoms. The summed E-state index contributed by atoms with van der Waals surface area (Å²) < 4.78 is 0.800. The minimum Gasteiger partial charge on any atom is -0.323 e. The highest BCUT2D eigenvalue weighted by molar-refractivity contribution is 9.10. The van der Waals surface area contributed by atoms with Crippen LogP contribution in [0.15, 0.2) is 34.8 Å². The second kappa shape index (κ2) is 5.92. The van der Waals surface area contributed by atoms with Gasteiger partial charge in [-0.1, -0.05) is 39.7 Å². The Hall–Kier alpha value is -1.66. The van der Waals surface area contributed by atoms with E-state index in [1.165, 1.54) is 4.90 Å². The van der Waals surface area contributed by atoms with Crippen LogP contribution in [0.1, 0.15) is 13.3 Å². The molecule has 3 fully saturated rings. The fourth-order valence-corrected chi connectivity index (χ4v) is 6.03. The molecule has 2 bridgehead atoms. The number of rotatable bonds is 3. The van der Waals surface area contributed by atoms with Crippen molar-refractivity contribution >= 4 is 50.9 Å². The lowest BCUT2D eigenvalue weighted by atomic mass is 9.63. The van der Waals surface area contributed by atoms with Gasteiger partial charge in [0.25, 0.3) is 0 Å². The Morgan fingerprint density at radius 2 is 1.78 bits per heavy atom. The summed E-state index contributed by atoms with van der Waals surface area (Å²) in [6.07, 6.45) is 5.37. The predicted octanol–water partition coefficient (Wildman–Crippen LogP) is 3.48. The maximum atomic E-state index is 13.1. The van der Waals surface area contributed by atoms with Gasteiger partial charge in [0.1, 0.15) is 6.04 Å². The molecule has 4 aliphatic carbocycles. The third-order valence-electron chi connectivity index (χ3n) is 6.65. The van der Waals surface area contributed by atoms with Crippen molar-refractivity contribution in [3.63, 3.8) is 0 Å². The zero-order valence-corrected chi connectivity index (χ0v) is 16.9. The SMILES string of the molecule is C[C@H](C(=O)Nc1ccc(Br)cc1Cl)N1C(=O)[C@@H]2[C@H]3C=C[C@@H]([C@@H]4C[C@H]34)[C@H]2C1=O. The third kappa shape index (κ3) is 2.46. The average molecular weight is 450 g/mol. The molecule has 1 aromatic rings. The van der Waals surface area contributed by atoms with Crippen LogP contribution in [0.5, 0.6) is 0 Å². The van der Waals surface area contributed by atoms with Crippen molar-refractivity contribution in [1.82, 2.24) is 4.90 Å². The number of amides is 3. The lowest BCUT2D eigenvalue weighted by molar-refractivity contribution is -0.146. The van der Waals surface area contributed by atoms with Crippen LogP contribution >= 0.6 is 27.5 Å². The number of hydrogen-bond acceptors (Lipinski definition) is 3. The van der Waals surface area contributed by atoms with E-state index >= 15 is 0 Å². The first-order valence-corrected chi connectivity index (χ1v) is 10.4. The van der Waals surface area contributed by atoms with Gasteiger partial charge >= 0.3 is 0 Å². The molecule has 0 radical (unpaired) electrons. The van der Waals surface area contributed by atoms with E-state index in [2.05, 4.69) is 33.4 Å². The minimum absolute atomic E-state index is 0.155. The van der Waals surface area contributed by atoms with Gasteiger partial charge in [-0.05, 0) is 55.2 Å². The first-order valence-electron chi connectivity index (χ1n) is 9.19. The lowest BCUT2D eigenvalue weighted by Crippen LogP contribution is -2.46. The van der Waals surface area contributed by atoms with Gasteiger partial charge in [-0.2, -0.15) is 0 Å². The predicted molar refractivity (Wildman–Crippen MR) is 104 cm³/mol. The highest BCUT2D eigenvalue weighted by atomic mass is 79.9. The number of carbonyl (C=O) groups is 3. The Morgan fingerprint density at radius 1 is 1.19 bits per heavy atom. The summed E-state index contributed by atoms with van der Waals surface area (Å²) in [5.74, 6) is 0.0200. The molecule has 7 atom stereocenters. The number of hydrogen-bond donors (Lipinski definition) is 1. The molecule has 3 amide bonds. The van der Waals surface area contributed by atoms with Crippen LogP contribution < -0.4 is 5.32 Å². The fraction of sp³-hybridized carbons (Fsp3) is 0.450. The Kier molecular flexibility index (Phi) is 3.82. The molecule has 0 spiro atoms. The number of benzene rings is 1. The fourth-order valence-electron chi connectivity index (χ4n) is 5.31. The maximum Gasteiger partial charge on any atom is 0.247 e. The molecule has 1 heterocycles. The molecule has 5 nitrogen and oxygen atoms in total. The molecule has 1 aliphatic heterocycles. The number of likely N-dealkylation sites (tertiary alicyclic amines) is 1. The quantitative estimate of drug-likeness (QED) is 0.567. The number of nitrogens with one attached hydrogen (secondary N) is 1. The first kappa shape index (κ1) is 17.4. The van der Waals surface area contributed by atoms with Crippen LogP contribution in [-0.4, -0.2) is 28.7 Å². The summed E-state index contributed by atoms with van der Waals surface area (Å²) in [5.41, 5.74) is 0.455. The topological polar surface area (TPSA) is 66.5 Å². The summed E-state index contributed by atoms with van der Waals surface area (Å²) in [6.45, 7) is 1.60. The Balaban J connectivity index is 1.38. The minimum atomic E-state index is -0.869. The van der Waals surface area contributed by atoms with E-state index in [0.29, 0.717) is 22.5 Å². The molecule has 1 N–H and O–H groups in total. The Labute approximate surface area is 170 Å². The normalized spacial score (nSPS) is 36.5. The highest BCUT2D eigenvalue weighted by Gasteiger charge is 2.67. The first-order chi connectivity index (χ1) is 12.9. The lowest BCUT2D eigenvalue weighted by Gasteiger charge is -2.37. The number of nitrogens with zero attached hydrogens (tertiary/aromatic N) is 1. The standard InChI is InChI=1S/C20H18BrClN2O3/c1-8(18(25)23-15-5-2-9(21)6-14(15)22)24-19(26)16-10-3-4-11(13-7-12(10)13)17(16)20(24)27/h2-6,8,10-13,16-17H,7H2,1H3,(H,23,25)/t8-,10+,11+,12-,13+,16-,17-/m1/s1. The van der Waals surface area contributed by atoms with Crippen LogP contribution in [0.2, 0.25) is 5.02 Å². The van der Waals surface area contributed by atoms with E-state index in [9.17, 15) is 14.4 Å². The molecule has 5 aliphatic rings. The van der Waals surface area contributed by atoms with E-state index in [4.69, 9.17) is 11.6 Å². The maximum absolute atomic E-state index is 13.1. The molecule has 140 valence electrons. The summed E-state index contributed by atoms with van der Waals surface area (Å²) in [5, 5.41) is 3.13. The van der Waals surface area contributed by atoms with Gasteiger partial charge in [-0.25, -0.2) is 0 Å². The van der Waals surface area contributed by atoms with Gasteiger partial charge in [0, 0.05) is 4.47 Å². The number of imide groups is 1. The second-order valence-corrected chi connectivity index (χ2v) is 9.31. The molecule has 27 heavy (non-hydrogen) atoms. The van der Waals surface area contributed by atoms with Crippen molar-refractivity contribution in [2.45, 2.75) is 19.4 Å². The Bertz CT molecular complexity index is 880. The number of anilines is 1. The molecule has 1 saturated heterocycles. The zero-order valence-electron chi connectivity index (χ0n) is 14.6. The molecule has 0 aromatic heterocycles. The van der Waals surface area contributed by atoms with Gasteiger partial charge in [0.2, 0.25) is 17.7 Å². The van der Waals surface area contributed by atoms with Gasteiger partial charge in [-0.3, -0.25) is 19.3 Å². The highest BCUT2D eigenvalue weighted by Crippen LogP contribution is 2.65. The summed E-state index contributed by atoms with van der Waals surface area (Å²) in [7, 11) is 0. The van der Waals surface area contributed by atoms with Crippen molar-refractivity contribution in [1.29, 1.82) is 0 Å². The molecule has 1 aromatic carbocycles. The second-order valence-electron chi connectivity index (χ2n) is 7.99. The van der Waals surface area contributed by atoms with Gasteiger partial charge in [0.15, 0.2) is 0 Å². The smallest absolute Gasteiger partial charge is 0.247 e. The Morgan fingerprint density at radius 3 is 2.33 bits per heavy atom. The zero-order chi connectivity index (χ0) is 19.0. The third-order valence-corrected chi connectivity index (χ3v) is 7.46. The monoisotopic (exact) mass is 448 g/mol. The van der Waals surface area contributed by atoms with Crippen LogP contribution in [0.3, 0.4) is 0 Å². The molecule has 6 rings (SSSR count). The van der Waals surface area contributed by atoms with E-state index in [0.717, 1.165) is 10.9 Å². The van der Waals surface area contributed by atoms with E-state index in [1.807, 2.05) is 0 Å². The van der Waals surface area contributed by atoms with Crippen molar-refractivity contribution in [3.05, 3.63) is 39.8 Å². The van der Waals surface area contributed by atoms with E-state index < -0.39 is 11.9 Å². The summed E-state index contributed by atoms with van der Waals surface area (Å²) in [6, 6.07) is 4.26. The average Bonchev–Trinajstić information content (AvgIpc) is 3.41. The van der Waals surface area contributed by atoms with Gasteiger partial charge < -0.3 is 5.32 Å². The van der Waals surface area contributed by atoms with E-state index in [1.54, 1.807) is 25.1 Å². The van der Waals surface area contributed by atoms with Gasteiger partial charge in [0.05, 0.1) is 22.5 Å². The largest absolute Gasteiger partial charge is 0.323 e. The summed E-state index contributed by atoms with van der Waals surface area (Å²) in [4.78, 5) is 40.1.